The van der Waals surface area contributed by atoms with Gasteiger partial charge in [0, 0.05) is 43.7 Å². The molecule has 13 rings (SSSR count). The van der Waals surface area contributed by atoms with Crippen molar-refractivity contribution in [3.05, 3.63) is 217 Å². The van der Waals surface area contributed by atoms with Gasteiger partial charge in [-0.2, -0.15) is 9.97 Å². The highest BCUT2D eigenvalue weighted by atomic mass is 16.3. The van der Waals surface area contributed by atoms with Gasteiger partial charge in [-0.15, -0.1) is 0 Å². The Morgan fingerprint density at radius 3 is 1.83 bits per heavy atom. The third kappa shape index (κ3) is 5.82. The topological polar surface area (TPSA) is 56.7 Å². The summed E-state index contributed by atoms with van der Waals surface area (Å²) in [7, 11) is 0. The summed E-state index contributed by atoms with van der Waals surface area (Å²) in [5, 5.41) is 4.37. The van der Waals surface area contributed by atoms with Gasteiger partial charge in [-0.25, -0.2) is 4.98 Å². The normalized spacial score (nSPS) is 12.9. The van der Waals surface area contributed by atoms with Crippen molar-refractivity contribution >= 4 is 43.7 Å². The molecular formula is C60H40N4O. The van der Waals surface area contributed by atoms with Crippen LogP contribution in [-0.4, -0.2) is 19.5 Å². The molecule has 0 aliphatic heterocycles. The number of aromatic nitrogens is 4. The third-order valence-electron chi connectivity index (χ3n) is 13.5. The van der Waals surface area contributed by atoms with Crippen LogP contribution < -0.4 is 0 Å². The second kappa shape index (κ2) is 14.3. The SMILES string of the molecule is CC1(C)c2ccccc2-c2c(-c3cccc(-c4cccc5c6cc(-c7ccccc7)ccc6n(-c6nc(-c7ccccc7)nc(-c7ccc8c(c7)oc7ccccc78)n6)c45)c3)cccc21. The largest absolute Gasteiger partial charge is 0.456 e. The fourth-order valence-electron chi connectivity index (χ4n) is 10.3. The Labute approximate surface area is 376 Å². The number of hydrogen-bond acceptors (Lipinski definition) is 4. The van der Waals surface area contributed by atoms with E-state index in [1.54, 1.807) is 0 Å². The molecule has 0 unspecified atom stereocenters. The summed E-state index contributed by atoms with van der Waals surface area (Å²) in [4.78, 5) is 15.9. The molecule has 0 atom stereocenters. The predicted octanol–water partition coefficient (Wildman–Crippen LogP) is 15.5. The van der Waals surface area contributed by atoms with Crippen molar-refractivity contribution in [1.82, 2.24) is 19.5 Å². The van der Waals surface area contributed by atoms with Gasteiger partial charge in [-0.1, -0.05) is 184 Å². The van der Waals surface area contributed by atoms with Crippen molar-refractivity contribution < 1.29 is 4.42 Å². The molecule has 12 aromatic rings. The zero-order valence-electron chi connectivity index (χ0n) is 35.8. The lowest BCUT2D eigenvalue weighted by molar-refractivity contribution is 0.660. The average Bonchev–Trinajstić information content (AvgIpc) is 3.99. The lowest BCUT2D eigenvalue weighted by atomic mass is 9.82. The Morgan fingerprint density at radius 1 is 0.385 bits per heavy atom. The highest BCUT2D eigenvalue weighted by molar-refractivity contribution is 6.15. The lowest BCUT2D eigenvalue weighted by Gasteiger charge is -2.21. The number of para-hydroxylation sites is 2. The first-order valence-corrected chi connectivity index (χ1v) is 22.2. The molecule has 0 fully saturated rings. The molecule has 5 nitrogen and oxygen atoms in total. The molecule has 0 N–H and O–H groups in total. The fraction of sp³-hybridized carbons (Fsp3) is 0.0500. The van der Waals surface area contributed by atoms with E-state index in [2.05, 4.69) is 188 Å². The summed E-state index contributed by atoms with van der Waals surface area (Å²) in [5.74, 6) is 1.69. The molecule has 306 valence electrons. The zero-order valence-corrected chi connectivity index (χ0v) is 35.8. The molecule has 0 saturated carbocycles. The molecule has 65 heavy (non-hydrogen) atoms. The molecule has 9 aromatic carbocycles. The number of nitrogens with zero attached hydrogens (tertiary/aromatic N) is 4. The Morgan fingerprint density at radius 2 is 0.985 bits per heavy atom. The molecule has 1 aliphatic carbocycles. The van der Waals surface area contributed by atoms with Crippen molar-refractivity contribution in [2.75, 3.05) is 0 Å². The minimum atomic E-state index is -0.0928. The van der Waals surface area contributed by atoms with Gasteiger partial charge < -0.3 is 4.42 Å². The van der Waals surface area contributed by atoms with E-state index in [0.717, 1.165) is 77.1 Å². The summed E-state index contributed by atoms with van der Waals surface area (Å²) in [6.07, 6.45) is 0. The van der Waals surface area contributed by atoms with E-state index in [9.17, 15) is 0 Å². The molecule has 3 aromatic heterocycles. The van der Waals surface area contributed by atoms with Gasteiger partial charge in [0.2, 0.25) is 5.95 Å². The van der Waals surface area contributed by atoms with Crippen molar-refractivity contribution in [1.29, 1.82) is 0 Å². The Hall–Kier alpha value is -8.41. The maximum atomic E-state index is 6.38. The molecule has 1 aliphatic rings. The van der Waals surface area contributed by atoms with Crippen LogP contribution in [0.5, 0.6) is 0 Å². The van der Waals surface area contributed by atoms with E-state index in [1.807, 2.05) is 36.4 Å². The van der Waals surface area contributed by atoms with E-state index in [-0.39, 0.29) is 5.41 Å². The van der Waals surface area contributed by atoms with E-state index in [4.69, 9.17) is 19.4 Å². The quantitative estimate of drug-likeness (QED) is 0.167. The zero-order chi connectivity index (χ0) is 43.2. The van der Waals surface area contributed by atoms with Crippen LogP contribution in [0, 0.1) is 0 Å². The maximum Gasteiger partial charge on any atom is 0.238 e. The Balaban J connectivity index is 1.06. The lowest BCUT2D eigenvalue weighted by Crippen LogP contribution is -2.14. The van der Waals surface area contributed by atoms with Crippen molar-refractivity contribution in [2.24, 2.45) is 0 Å². The van der Waals surface area contributed by atoms with E-state index < -0.39 is 0 Å². The highest BCUT2D eigenvalue weighted by Crippen LogP contribution is 2.52. The number of benzene rings is 9. The van der Waals surface area contributed by atoms with Gasteiger partial charge in [-0.05, 0) is 86.5 Å². The summed E-state index contributed by atoms with van der Waals surface area (Å²) in [6, 6.07) is 73.2. The Kier molecular flexibility index (Phi) is 8.18. The van der Waals surface area contributed by atoms with E-state index in [0.29, 0.717) is 17.6 Å². The average molecular weight is 833 g/mol. The van der Waals surface area contributed by atoms with Gasteiger partial charge in [0.25, 0.3) is 0 Å². The number of fused-ring (bicyclic) bond motifs is 9. The Bertz CT molecular complexity index is 3860. The van der Waals surface area contributed by atoms with Crippen LogP contribution in [0.4, 0.5) is 0 Å². The monoisotopic (exact) mass is 832 g/mol. The maximum absolute atomic E-state index is 6.38. The van der Waals surface area contributed by atoms with E-state index >= 15 is 0 Å². The van der Waals surface area contributed by atoms with Crippen LogP contribution in [0.2, 0.25) is 0 Å². The van der Waals surface area contributed by atoms with Gasteiger partial charge in [-0.3, -0.25) is 4.57 Å². The van der Waals surface area contributed by atoms with Crippen LogP contribution in [0.25, 0.3) is 117 Å². The van der Waals surface area contributed by atoms with Crippen molar-refractivity contribution in [3.8, 4) is 73.2 Å². The first kappa shape index (κ1) is 37.2. The fourth-order valence-corrected chi connectivity index (χ4v) is 10.3. The predicted molar refractivity (Wildman–Crippen MR) is 266 cm³/mol. The van der Waals surface area contributed by atoms with Crippen LogP contribution >= 0.6 is 0 Å². The first-order chi connectivity index (χ1) is 32.0. The summed E-state index contributed by atoms with van der Waals surface area (Å²) in [5.41, 5.74) is 17.6. The molecule has 0 amide bonds. The second-order valence-electron chi connectivity index (χ2n) is 17.6. The van der Waals surface area contributed by atoms with Crippen molar-refractivity contribution in [2.45, 2.75) is 19.3 Å². The van der Waals surface area contributed by atoms with Gasteiger partial charge in [0.1, 0.15) is 11.2 Å². The molecule has 0 saturated heterocycles. The van der Waals surface area contributed by atoms with Gasteiger partial charge >= 0.3 is 0 Å². The first-order valence-electron chi connectivity index (χ1n) is 22.2. The standard InChI is InChI=1S/C60H40N4O/c1-60(2)50-27-11-9-23-48(50)55-43(24-15-28-51(55)60)40-20-13-21-41(34-40)44-25-14-26-47-49-35-39(37-16-5-3-6-17-37)31-33-52(49)64(56(44)47)59-62-57(38-18-7-4-8-19-38)61-58(63-59)42-30-32-46-45-22-10-12-29-53(45)65-54(46)36-42/h3-36H,1-2H3. The van der Waals surface area contributed by atoms with Crippen LogP contribution in [0.15, 0.2) is 211 Å². The van der Waals surface area contributed by atoms with Crippen LogP contribution in [-0.2, 0) is 5.41 Å². The molecule has 0 spiro atoms. The number of furan rings is 1. The molecule has 0 bridgehead atoms. The smallest absolute Gasteiger partial charge is 0.238 e. The minimum absolute atomic E-state index is 0.0928. The minimum Gasteiger partial charge on any atom is -0.456 e. The number of hydrogen-bond donors (Lipinski definition) is 0. The summed E-state index contributed by atoms with van der Waals surface area (Å²) < 4.78 is 8.62. The second-order valence-corrected chi connectivity index (χ2v) is 17.6. The summed E-state index contributed by atoms with van der Waals surface area (Å²) in [6.45, 7) is 4.68. The summed E-state index contributed by atoms with van der Waals surface area (Å²) >= 11 is 0. The molecule has 0 radical (unpaired) electrons. The molecular weight excluding hydrogens is 793 g/mol. The van der Waals surface area contributed by atoms with E-state index in [1.165, 1.54) is 33.4 Å². The van der Waals surface area contributed by atoms with Gasteiger partial charge in [0.15, 0.2) is 11.6 Å². The third-order valence-corrected chi connectivity index (χ3v) is 13.5. The van der Waals surface area contributed by atoms with Gasteiger partial charge in [0.05, 0.1) is 11.0 Å². The highest BCUT2D eigenvalue weighted by Gasteiger charge is 2.36. The van der Waals surface area contributed by atoms with Crippen LogP contribution in [0.3, 0.4) is 0 Å². The molecule has 5 heteroatoms. The van der Waals surface area contributed by atoms with Crippen molar-refractivity contribution in [3.63, 3.8) is 0 Å². The number of rotatable bonds is 6. The van der Waals surface area contributed by atoms with Crippen LogP contribution in [0.1, 0.15) is 25.0 Å². The molecule has 3 heterocycles.